The van der Waals surface area contributed by atoms with Gasteiger partial charge in [0.2, 0.25) is 0 Å². The zero-order valence-corrected chi connectivity index (χ0v) is 20.1. The van der Waals surface area contributed by atoms with E-state index in [1.54, 1.807) is 12.4 Å². The van der Waals surface area contributed by atoms with E-state index in [4.69, 9.17) is 4.74 Å². The Morgan fingerprint density at radius 3 is 2.59 bits per heavy atom. The summed E-state index contributed by atoms with van der Waals surface area (Å²) in [7, 11) is 0. The number of nitrogens with zero attached hydrogens (tertiary/aromatic N) is 4. The number of aromatic nitrogens is 6. The van der Waals surface area contributed by atoms with Crippen LogP contribution in [0.2, 0.25) is 0 Å². The SMILES string of the molecule is c1cncc(-c2cccc3[nH]c(-c4[nH]nc5ncc(-c6cncc(OC7CCNCC7)c6)cc45)cc23)c1. The lowest BCUT2D eigenvalue weighted by molar-refractivity contribution is 0.162. The third kappa shape index (κ3) is 4.11. The number of pyridine rings is 3. The molecule has 1 aromatic carbocycles. The number of rotatable bonds is 5. The van der Waals surface area contributed by atoms with Crippen LogP contribution in [0, 0.1) is 0 Å². The fourth-order valence-corrected chi connectivity index (χ4v) is 5.07. The molecular weight excluding hydrogens is 462 g/mol. The first-order chi connectivity index (χ1) is 18.3. The van der Waals surface area contributed by atoms with Crippen LogP contribution in [0.15, 0.2) is 79.5 Å². The predicted octanol–water partition coefficient (Wildman–Crippen LogP) is 5.36. The third-order valence-electron chi connectivity index (χ3n) is 6.95. The number of aromatic amines is 2. The van der Waals surface area contributed by atoms with E-state index in [1.165, 1.54) is 0 Å². The highest BCUT2D eigenvalue weighted by Crippen LogP contribution is 2.35. The van der Waals surface area contributed by atoms with E-state index in [0.717, 1.165) is 81.6 Å². The lowest BCUT2D eigenvalue weighted by Gasteiger charge is -2.23. The van der Waals surface area contributed by atoms with Crippen LogP contribution < -0.4 is 10.1 Å². The number of benzene rings is 1. The number of nitrogens with one attached hydrogen (secondary N) is 3. The molecule has 0 amide bonds. The van der Waals surface area contributed by atoms with Crippen LogP contribution in [0.5, 0.6) is 5.75 Å². The molecule has 8 nitrogen and oxygen atoms in total. The summed E-state index contributed by atoms with van der Waals surface area (Å²) >= 11 is 0. The zero-order chi connectivity index (χ0) is 24.6. The van der Waals surface area contributed by atoms with Crippen molar-refractivity contribution in [3.63, 3.8) is 0 Å². The minimum atomic E-state index is 0.220. The van der Waals surface area contributed by atoms with Crippen LogP contribution >= 0.6 is 0 Å². The predicted molar refractivity (Wildman–Crippen MR) is 144 cm³/mol. The Kier molecular flexibility index (Phi) is 5.36. The van der Waals surface area contributed by atoms with E-state index >= 15 is 0 Å². The summed E-state index contributed by atoms with van der Waals surface area (Å²) in [6.07, 6.45) is 11.4. The average Bonchev–Trinajstić information content (AvgIpc) is 3.58. The van der Waals surface area contributed by atoms with E-state index in [2.05, 4.69) is 71.8 Å². The van der Waals surface area contributed by atoms with E-state index in [0.29, 0.717) is 5.65 Å². The van der Waals surface area contributed by atoms with E-state index in [9.17, 15) is 0 Å². The monoisotopic (exact) mass is 487 g/mol. The van der Waals surface area contributed by atoms with Crippen LogP contribution in [0.3, 0.4) is 0 Å². The number of hydrogen-bond acceptors (Lipinski definition) is 6. The molecule has 6 heterocycles. The van der Waals surface area contributed by atoms with Gasteiger partial charge >= 0.3 is 0 Å². The van der Waals surface area contributed by atoms with Crippen molar-refractivity contribution in [2.75, 3.05) is 13.1 Å². The minimum Gasteiger partial charge on any atom is -0.489 e. The second kappa shape index (κ2) is 9.15. The van der Waals surface area contributed by atoms with E-state index < -0.39 is 0 Å². The second-order valence-corrected chi connectivity index (χ2v) is 9.36. The summed E-state index contributed by atoms with van der Waals surface area (Å²) in [5.41, 5.74) is 7.70. The Balaban J connectivity index is 1.26. The van der Waals surface area contributed by atoms with Crippen LogP contribution in [0.25, 0.3) is 55.6 Å². The molecule has 6 aromatic rings. The molecule has 1 aliphatic rings. The van der Waals surface area contributed by atoms with Crippen LogP contribution in [-0.2, 0) is 0 Å². The van der Waals surface area contributed by atoms with E-state index in [1.807, 2.05) is 30.7 Å². The van der Waals surface area contributed by atoms with Gasteiger partial charge in [0, 0.05) is 57.8 Å². The Labute approximate surface area is 213 Å². The highest BCUT2D eigenvalue weighted by molar-refractivity contribution is 6.01. The molecule has 0 atom stereocenters. The molecule has 0 radical (unpaired) electrons. The lowest BCUT2D eigenvalue weighted by atomic mass is 10.0. The Hall–Kier alpha value is -4.56. The van der Waals surface area contributed by atoms with Gasteiger partial charge in [-0.1, -0.05) is 18.2 Å². The molecule has 3 N–H and O–H groups in total. The maximum Gasteiger partial charge on any atom is 0.181 e. The molecule has 8 heteroatoms. The van der Waals surface area contributed by atoms with Gasteiger partial charge in [0.15, 0.2) is 5.65 Å². The summed E-state index contributed by atoms with van der Waals surface area (Å²) in [6.45, 7) is 1.97. The molecule has 37 heavy (non-hydrogen) atoms. The quantitative estimate of drug-likeness (QED) is 0.302. The number of piperidine rings is 1. The van der Waals surface area contributed by atoms with Crippen LogP contribution in [-0.4, -0.2) is 49.3 Å². The Bertz CT molecular complexity index is 1700. The van der Waals surface area contributed by atoms with Gasteiger partial charge in [-0.05, 0) is 61.8 Å². The number of H-pyrrole nitrogens is 2. The minimum absolute atomic E-state index is 0.220. The van der Waals surface area contributed by atoms with Crippen molar-refractivity contribution in [3.05, 3.63) is 79.5 Å². The van der Waals surface area contributed by atoms with Crippen molar-refractivity contribution < 1.29 is 4.74 Å². The fraction of sp³-hybridized carbons (Fsp3) is 0.172. The molecule has 7 rings (SSSR count). The normalized spacial score (nSPS) is 14.4. The standard InChI is InChI=1S/C29H25N7O/c1-4-23(18-3-2-8-31-14-18)24-13-27(34-26(24)5-1)28-25-12-20(16-33-29(25)36-35-28)19-11-22(17-32-15-19)37-21-6-9-30-10-7-21/h1-5,8,11-17,21,30,34H,6-7,9-10H2,(H,33,35,36). The smallest absolute Gasteiger partial charge is 0.181 e. The van der Waals surface area contributed by atoms with Gasteiger partial charge in [0.25, 0.3) is 0 Å². The number of fused-ring (bicyclic) bond motifs is 2. The topological polar surface area (TPSA) is 104 Å². The summed E-state index contributed by atoms with van der Waals surface area (Å²) in [5.74, 6) is 0.787. The van der Waals surface area contributed by atoms with Gasteiger partial charge in [0.05, 0.1) is 17.6 Å². The lowest BCUT2D eigenvalue weighted by Crippen LogP contribution is -2.34. The van der Waals surface area contributed by atoms with Crippen molar-refractivity contribution >= 4 is 21.9 Å². The third-order valence-corrected chi connectivity index (χ3v) is 6.95. The summed E-state index contributed by atoms with van der Waals surface area (Å²) in [5, 5.41) is 13.1. The first-order valence-electron chi connectivity index (χ1n) is 12.5. The first kappa shape index (κ1) is 21.7. The number of ether oxygens (including phenoxy) is 1. The first-order valence-corrected chi connectivity index (χ1v) is 12.5. The maximum absolute atomic E-state index is 6.21. The van der Waals surface area contributed by atoms with Gasteiger partial charge in [0.1, 0.15) is 11.9 Å². The molecule has 182 valence electrons. The highest BCUT2D eigenvalue weighted by Gasteiger charge is 2.17. The molecule has 0 saturated carbocycles. The summed E-state index contributed by atoms with van der Waals surface area (Å²) < 4.78 is 6.21. The highest BCUT2D eigenvalue weighted by atomic mass is 16.5. The second-order valence-electron chi connectivity index (χ2n) is 9.36. The zero-order valence-electron chi connectivity index (χ0n) is 20.1. The van der Waals surface area contributed by atoms with Crippen molar-refractivity contribution in [3.8, 4) is 39.4 Å². The van der Waals surface area contributed by atoms with Gasteiger partial charge < -0.3 is 15.0 Å². The Morgan fingerprint density at radius 2 is 1.70 bits per heavy atom. The molecule has 0 spiro atoms. The van der Waals surface area contributed by atoms with E-state index in [-0.39, 0.29) is 6.10 Å². The molecule has 5 aromatic heterocycles. The maximum atomic E-state index is 6.21. The molecule has 0 unspecified atom stereocenters. The summed E-state index contributed by atoms with van der Waals surface area (Å²) in [4.78, 5) is 16.9. The molecule has 1 fully saturated rings. The summed E-state index contributed by atoms with van der Waals surface area (Å²) in [6, 6.07) is 16.6. The van der Waals surface area contributed by atoms with Crippen molar-refractivity contribution in [1.82, 2.24) is 35.5 Å². The van der Waals surface area contributed by atoms with Gasteiger partial charge in [-0.2, -0.15) is 5.10 Å². The molecule has 0 aliphatic carbocycles. The largest absolute Gasteiger partial charge is 0.489 e. The Morgan fingerprint density at radius 1 is 0.811 bits per heavy atom. The van der Waals surface area contributed by atoms with Crippen LogP contribution in [0.1, 0.15) is 12.8 Å². The van der Waals surface area contributed by atoms with Crippen LogP contribution in [0.4, 0.5) is 0 Å². The van der Waals surface area contributed by atoms with Crippen molar-refractivity contribution in [2.24, 2.45) is 0 Å². The fourth-order valence-electron chi connectivity index (χ4n) is 5.07. The average molecular weight is 488 g/mol. The van der Waals surface area contributed by atoms with Gasteiger partial charge in [-0.15, -0.1) is 0 Å². The molecular formula is C29H25N7O. The molecule has 1 aliphatic heterocycles. The number of hydrogen-bond donors (Lipinski definition) is 3. The molecule has 1 saturated heterocycles. The van der Waals surface area contributed by atoms with Crippen molar-refractivity contribution in [2.45, 2.75) is 18.9 Å². The van der Waals surface area contributed by atoms with Gasteiger partial charge in [-0.3, -0.25) is 15.1 Å². The van der Waals surface area contributed by atoms with Crippen molar-refractivity contribution in [1.29, 1.82) is 0 Å². The molecule has 0 bridgehead atoms. The van der Waals surface area contributed by atoms with Gasteiger partial charge in [-0.25, -0.2) is 4.98 Å².